The van der Waals surface area contributed by atoms with Crippen molar-refractivity contribution in [2.24, 2.45) is 0 Å². The second kappa shape index (κ2) is 10.4. The second-order valence-corrected chi connectivity index (χ2v) is 8.08. The van der Waals surface area contributed by atoms with Crippen LogP contribution in [-0.4, -0.2) is 49.1 Å². The molecule has 9 heteroatoms. The SMILES string of the molecule is COc1ccc(N(C(=O)c2ccco2)C2CCN(Cc3ccccc3[N+](=O)[O-])CC2)cc1OC. The number of carbonyl (C=O) groups excluding carboxylic acids is 1. The van der Waals surface area contributed by atoms with Crippen LogP contribution in [-0.2, 0) is 6.54 Å². The number of nitro groups is 1. The fraction of sp³-hybridized carbons (Fsp3) is 0.320. The summed E-state index contributed by atoms with van der Waals surface area (Å²) >= 11 is 0. The molecule has 1 aliphatic heterocycles. The number of hydrogen-bond donors (Lipinski definition) is 0. The minimum Gasteiger partial charge on any atom is -0.493 e. The van der Waals surface area contributed by atoms with E-state index in [1.165, 1.54) is 12.3 Å². The molecule has 0 saturated carbocycles. The zero-order chi connectivity index (χ0) is 24.1. The molecule has 0 N–H and O–H groups in total. The summed E-state index contributed by atoms with van der Waals surface area (Å²) < 4.78 is 16.2. The van der Waals surface area contributed by atoms with Crippen molar-refractivity contribution in [2.75, 3.05) is 32.2 Å². The molecular weight excluding hydrogens is 438 g/mol. The first-order chi connectivity index (χ1) is 16.5. The quantitative estimate of drug-likeness (QED) is 0.356. The van der Waals surface area contributed by atoms with Crippen LogP contribution >= 0.6 is 0 Å². The van der Waals surface area contributed by atoms with Crippen molar-refractivity contribution >= 4 is 17.3 Å². The number of para-hydroxylation sites is 1. The van der Waals surface area contributed by atoms with Gasteiger partial charge in [-0.05, 0) is 37.1 Å². The number of methoxy groups -OCH3 is 2. The van der Waals surface area contributed by atoms with Gasteiger partial charge in [0.25, 0.3) is 11.6 Å². The summed E-state index contributed by atoms with van der Waals surface area (Å²) in [4.78, 5) is 28.4. The Morgan fingerprint density at radius 3 is 2.47 bits per heavy atom. The molecule has 178 valence electrons. The lowest BCUT2D eigenvalue weighted by Crippen LogP contribution is -2.47. The lowest BCUT2D eigenvalue weighted by molar-refractivity contribution is -0.385. The minimum absolute atomic E-state index is 0.0716. The van der Waals surface area contributed by atoms with E-state index in [2.05, 4.69) is 4.90 Å². The van der Waals surface area contributed by atoms with E-state index in [1.54, 1.807) is 55.5 Å². The molecule has 1 saturated heterocycles. The molecule has 0 bridgehead atoms. The van der Waals surface area contributed by atoms with Gasteiger partial charge < -0.3 is 18.8 Å². The third-order valence-corrected chi connectivity index (χ3v) is 6.10. The first-order valence-electron chi connectivity index (χ1n) is 11.1. The molecule has 1 fully saturated rings. The lowest BCUT2D eigenvalue weighted by atomic mass is 10.0. The van der Waals surface area contributed by atoms with Crippen LogP contribution < -0.4 is 14.4 Å². The van der Waals surface area contributed by atoms with Gasteiger partial charge in [-0.15, -0.1) is 0 Å². The molecule has 2 heterocycles. The molecule has 0 atom stereocenters. The van der Waals surface area contributed by atoms with Gasteiger partial charge in [-0.1, -0.05) is 18.2 Å². The molecule has 3 aromatic rings. The first-order valence-corrected chi connectivity index (χ1v) is 11.1. The predicted molar refractivity (Wildman–Crippen MR) is 126 cm³/mol. The number of amides is 1. The molecule has 1 aromatic heterocycles. The van der Waals surface area contributed by atoms with E-state index in [0.717, 1.165) is 0 Å². The summed E-state index contributed by atoms with van der Waals surface area (Å²) in [6, 6.07) is 15.5. The van der Waals surface area contributed by atoms with Gasteiger partial charge >= 0.3 is 0 Å². The van der Waals surface area contributed by atoms with Crippen molar-refractivity contribution in [2.45, 2.75) is 25.4 Å². The smallest absolute Gasteiger partial charge is 0.294 e. The Morgan fingerprint density at radius 2 is 1.82 bits per heavy atom. The Kier molecular flexibility index (Phi) is 7.12. The highest BCUT2D eigenvalue weighted by Gasteiger charge is 2.32. The summed E-state index contributed by atoms with van der Waals surface area (Å²) in [6.07, 6.45) is 2.90. The summed E-state index contributed by atoms with van der Waals surface area (Å²) in [5.41, 5.74) is 1.51. The van der Waals surface area contributed by atoms with Crippen molar-refractivity contribution in [3.63, 3.8) is 0 Å². The topological polar surface area (TPSA) is 98.3 Å². The highest BCUT2D eigenvalue weighted by molar-refractivity contribution is 6.04. The monoisotopic (exact) mass is 465 g/mol. The number of nitro benzene ring substituents is 1. The van der Waals surface area contributed by atoms with Crippen molar-refractivity contribution in [1.29, 1.82) is 0 Å². The third-order valence-electron chi connectivity index (χ3n) is 6.10. The van der Waals surface area contributed by atoms with Gasteiger partial charge in [-0.3, -0.25) is 19.8 Å². The second-order valence-electron chi connectivity index (χ2n) is 8.08. The molecule has 0 spiro atoms. The van der Waals surface area contributed by atoms with E-state index >= 15 is 0 Å². The van der Waals surface area contributed by atoms with Crippen LogP contribution in [0.25, 0.3) is 0 Å². The average molecular weight is 466 g/mol. The van der Waals surface area contributed by atoms with Gasteiger partial charge in [0.1, 0.15) is 0 Å². The molecule has 4 rings (SSSR count). The van der Waals surface area contributed by atoms with Crippen molar-refractivity contribution < 1.29 is 23.6 Å². The van der Waals surface area contributed by atoms with Gasteiger partial charge in [0.05, 0.1) is 25.4 Å². The van der Waals surface area contributed by atoms with Gasteiger partial charge in [0, 0.05) is 49.1 Å². The standard InChI is InChI=1S/C25H27N3O6/c1-32-22-10-9-20(16-24(22)33-2)27(25(29)23-8-5-15-34-23)19-11-13-26(14-12-19)17-18-6-3-4-7-21(18)28(30)31/h3-10,15-16,19H,11-14,17H2,1-2H3. The maximum atomic E-state index is 13.4. The average Bonchev–Trinajstić information content (AvgIpc) is 3.40. The largest absolute Gasteiger partial charge is 0.493 e. The van der Waals surface area contributed by atoms with Gasteiger partial charge in [0.15, 0.2) is 17.3 Å². The number of piperidine rings is 1. The van der Waals surface area contributed by atoms with Gasteiger partial charge in [-0.2, -0.15) is 0 Å². The van der Waals surface area contributed by atoms with Crippen LogP contribution in [0.3, 0.4) is 0 Å². The first kappa shape index (κ1) is 23.3. The Morgan fingerprint density at radius 1 is 1.09 bits per heavy atom. The van der Waals surface area contributed by atoms with E-state index in [4.69, 9.17) is 13.9 Å². The van der Waals surface area contributed by atoms with Crippen LogP contribution in [0.15, 0.2) is 65.3 Å². The lowest BCUT2D eigenvalue weighted by Gasteiger charge is -2.38. The Hall–Kier alpha value is -3.85. The number of nitrogens with zero attached hydrogens (tertiary/aromatic N) is 3. The van der Waals surface area contributed by atoms with Crippen LogP contribution in [0.4, 0.5) is 11.4 Å². The Balaban J connectivity index is 1.55. The Labute approximate surface area is 197 Å². The normalized spacial score (nSPS) is 14.5. The summed E-state index contributed by atoms with van der Waals surface area (Å²) in [5, 5.41) is 11.4. The van der Waals surface area contributed by atoms with E-state index < -0.39 is 0 Å². The molecule has 9 nitrogen and oxygen atoms in total. The number of rotatable bonds is 8. The number of carbonyl (C=O) groups is 1. The van der Waals surface area contributed by atoms with Gasteiger partial charge in [-0.25, -0.2) is 0 Å². The highest BCUT2D eigenvalue weighted by Crippen LogP contribution is 2.35. The van der Waals surface area contributed by atoms with Gasteiger partial charge in [0.2, 0.25) is 0 Å². The number of hydrogen-bond acceptors (Lipinski definition) is 7. The van der Waals surface area contributed by atoms with Crippen LogP contribution in [0.5, 0.6) is 11.5 Å². The molecule has 0 aliphatic carbocycles. The molecule has 0 unspecified atom stereocenters. The van der Waals surface area contributed by atoms with Crippen molar-refractivity contribution in [3.05, 3.63) is 82.3 Å². The number of likely N-dealkylation sites (tertiary alicyclic amines) is 1. The number of furan rings is 1. The van der Waals surface area contributed by atoms with E-state index in [0.29, 0.717) is 55.2 Å². The fourth-order valence-corrected chi connectivity index (χ4v) is 4.39. The molecule has 34 heavy (non-hydrogen) atoms. The van der Waals surface area contributed by atoms with Crippen LogP contribution in [0.1, 0.15) is 29.0 Å². The molecule has 1 aliphatic rings. The molecular formula is C25H27N3O6. The van der Waals surface area contributed by atoms with E-state index in [1.807, 2.05) is 12.1 Å². The molecule has 2 aromatic carbocycles. The highest BCUT2D eigenvalue weighted by atomic mass is 16.6. The van der Waals surface area contributed by atoms with E-state index in [9.17, 15) is 14.9 Å². The number of benzene rings is 2. The van der Waals surface area contributed by atoms with Crippen molar-refractivity contribution in [3.8, 4) is 11.5 Å². The zero-order valence-electron chi connectivity index (χ0n) is 19.2. The summed E-state index contributed by atoms with van der Waals surface area (Å²) in [5.74, 6) is 1.15. The maximum absolute atomic E-state index is 13.4. The predicted octanol–water partition coefficient (Wildman–Crippen LogP) is 4.52. The number of anilines is 1. The maximum Gasteiger partial charge on any atom is 0.294 e. The Bertz CT molecular complexity index is 1140. The summed E-state index contributed by atoms with van der Waals surface area (Å²) in [7, 11) is 3.12. The summed E-state index contributed by atoms with van der Waals surface area (Å²) in [6.45, 7) is 1.89. The third kappa shape index (κ3) is 4.89. The fourth-order valence-electron chi connectivity index (χ4n) is 4.39. The molecule has 0 radical (unpaired) electrons. The van der Waals surface area contributed by atoms with Crippen LogP contribution in [0, 0.1) is 10.1 Å². The zero-order valence-corrected chi connectivity index (χ0v) is 19.2. The van der Waals surface area contributed by atoms with Crippen LogP contribution in [0.2, 0.25) is 0 Å². The molecule has 1 amide bonds. The minimum atomic E-state index is -0.344. The number of ether oxygens (including phenoxy) is 2. The van der Waals surface area contributed by atoms with E-state index in [-0.39, 0.29) is 28.3 Å². The van der Waals surface area contributed by atoms with Crippen molar-refractivity contribution in [1.82, 2.24) is 4.90 Å².